The Hall–Kier alpha value is -4.54. The van der Waals surface area contributed by atoms with Crippen LogP contribution >= 0.6 is 0 Å². The van der Waals surface area contributed by atoms with Gasteiger partial charge in [-0.25, -0.2) is 9.59 Å². The first-order valence-electron chi connectivity index (χ1n) is 43.6. The summed E-state index contributed by atoms with van der Waals surface area (Å²) in [4.78, 5) is 79.3. The summed E-state index contributed by atoms with van der Waals surface area (Å²) in [5.74, 6) is -15.9. The fourth-order valence-corrected chi connectivity index (χ4v) is 16.1. The molecule has 5 heterocycles. The second kappa shape index (κ2) is 55.8. The number of amides is 3. The van der Waals surface area contributed by atoms with E-state index in [0.29, 0.717) is 12.8 Å². The molecule has 5 fully saturated rings. The molecule has 0 aromatic rings. The SMILES string of the molecule is CCCCCCCC/C=C\CCCCCCCCCCCC(=O)N[C@@H](CO[C@@H]1O[C@H](CO)[C@@H](O[C@@H]2O[C@H](CO)[C@H](O[C@@H]3O[C@H](CO)[C@H](O)[C@H](O)[C@H]3CC(C)=O)[C@H](O[C@]3(C(=O)O)C[C@H](O)[C@@H](NC(C)=O)C([C@H](O)[C@@H](CO)O[C@]4(C(=O)O)C[C@H](O)[C@@H](NC(C)=O)C([C@H](O)[C@H](O)CO)O4)O3)[C@H]2O)[C@H](O)[C@H]1O)[C@H](O)/C=C/CCCCCCCCCCCCC. The normalized spacial score (nSPS) is 32.7. The molecule has 29 atom stereocenters. The van der Waals surface area contributed by atoms with E-state index in [9.17, 15) is 121 Å². The van der Waals surface area contributed by atoms with Crippen molar-refractivity contribution in [1.29, 1.82) is 0 Å². The zero-order chi connectivity index (χ0) is 88.7. The van der Waals surface area contributed by atoms with Crippen molar-refractivity contribution in [3.63, 3.8) is 0 Å². The van der Waals surface area contributed by atoms with E-state index in [2.05, 4.69) is 41.9 Å². The Morgan fingerprint density at radius 3 is 1.39 bits per heavy atom. The number of carboxylic acids is 2. The molecule has 0 saturated carbocycles. The minimum Gasteiger partial charge on any atom is -0.477 e. The molecule has 3 amide bonds. The van der Waals surface area contributed by atoms with Gasteiger partial charge in [-0.3, -0.25) is 14.4 Å². The Morgan fingerprint density at radius 2 is 0.917 bits per heavy atom. The fraction of sp³-hybridized carbons (Fsp3) is 0.880. The number of ketones is 1. The highest BCUT2D eigenvalue weighted by atomic mass is 16.8. The van der Waals surface area contributed by atoms with Crippen LogP contribution in [0.4, 0.5) is 0 Å². The van der Waals surface area contributed by atoms with Crippen molar-refractivity contribution in [2.24, 2.45) is 5.92 Å². The fourth-order valence-electron chi connectivity index (χ4n) is 16.1. The summed E-state index contributed by atoms with van der Waals surface area (Å²) in [5.41, 5.74) is 0. The number of aliphatic carboxylic acids is 2. The number of carbonyl (C=O) groups is 6. The highest BCUT2D eigenvalue weighted by Crippen LogP contribution is 2.43. The molecular formula is C83H145N3O34. The zero-order valence-electron chi connectivity index (χ0n) is 70.6. The molecule has 21 N–H and O–H groups in total. The number of ether oxygens (including phenoxy) is 10. The topological polar surface area (TPSA) is 595 Å². The summed E-state index contributed by atoms with van der Waals surface area (Å²) in [5, 5.41) is 211. The van der Waals surface area contributed by atoms with Crippen molar-refractivity contribution < 1.29 is 168 Å². The Bertz CT molecular complexity index is 2980. The average Bonchev–Trinajstić information content (AvgIpc) is 0.746. The average molecular weight is 1730 g/mol. The largest absolute Gasteiger partial charge is 0.477 e. The number of allylic oxidation sites excluding steroid dienone is 3. The third-order valence-electron chi connectivity index (χ3n) is 22.9. The van der Waals surface area contributed by atoms with Gasteiger partial charge < -0.3 is 160 Å². The maximum absolute atomic E-state index is 14.2. The lowest BCUT2D eigenvalue weighted by molar-refractivity contribution is -0.404. The van der Waals surface area contributed by atoms with Gasteiger partial charge in [0.05, 0.1) is 82.2 Å². The molecule has 0 aromatic heterocycles. The van der Waals surface area contributed by atoms with Crippen LogP contribution in [0.5, 0.6) is 0 Å². The van der Waals surface area contributed by atoms with Gasteiger partial charge in [0.2, 0.25) is 17.7 Å². The van der Waals surface area contributed by atoms with E-state index in [-0.39, 0.29) is 6.42 Å². The predicted molar refractivity (Wildman–Crippen MR) is 427 cm³/mol. The molecule has 5 rings (SSSR count). The van der Waals surface area contributed by atoms with Gasteiger partial charge in [-0.1, -0.05) is 179 Å². The van der Waals surface area contributed by atoms with Gasteiger partial charge in [-0.05, 0) is 51.9 Å². The van der Waals surface area contributed by atoms with Gasteiger partial charge in [0.15, 0.2) is 18.9 Å². The monoisotopic (exact) mass is 1730 g/mol. The highest BCUT2D eigenvalue weighted by Gasteiger charge is 2.64. The van der Waals surface area contributed by atoms with Gasteiger partial charge in [0, 0.05) is 45.4 Å². The van der Waals surface area contributed by atoms with Crippen LogP contribution in [0, 0.1) is 5.92 Å². The van der Waals surface area contributed by atoms with Crippen LogP contribution in [0.3, 0.4) is 0 Å². The molecular weight excluding hydrogens is 1580 g/mol. The van der Waals surface area contributed by atoms with Crippen molar-refractivity contribution >= 4 is 35.4 Å². The Morgan fingerprint density at radius 1 is 0.475 bits per heavy atom. The summed E-state index contributed by atoms with van der Waals surface area (Å²) in [6.45, 7) is 0.711. The van der Waals surface area contributed by atoms with Crippen LogP contribution in [-0.2, 0) is 76.1 Å². The summed E-state index contributed by atoms with van der Waals surface area (Å²) < 4.78 is 60.2. The Balaban J connectivity index is 1.41. The minimum absolute atomic E-state index is 0.110. The maximum atomic E-state index is 14.2. The molecule has 0 bridgehead atoms. The first-order valence-corrected chi connectivity index (χ1v) is 43.6. The van der Waals surface area contributed by atoms with Crippen molar-refractivity contribution in [3.8, 4) is 0 Å². The predicted octanol–water partition coefficient (Wildman–Crippen LogP) is 0.734. The first-order chi connectivity index (χ1) is 57.3. The molecule has 120 heavy (non-hydrogen) atoms. The van der Waals surface area contributed by atoms with Crippen LogP contribution in [0.25, 0.3) is 0 Å². The number of aliphatic hydroxyl groups is 16. The lowest BCUT2D eigenvalue weighted by atomic mass is 9.86. The van der Waals surface area contributed by atoms with E-state index in [0.717, 1.165) is 111 Å². The van der Waals surface area contributed by atoms with Crippen molar-refractivity contribution in [1.82, 2.24) is 16.0 Å². The number of rotatable bonds is 60. The van der Waals surface area contributed by atoms with Gasteiger partial charge in [0.1, 0.15) is 103 Å². The molecule has 5 aliphatic heterocycles. The van der Waals surface area contributed by atoms with Crippen LogP contribution in [0.1, 0.15) is 247 Å². The molecule has 37 heteroatoms. The molecule has 0 spiro atoms. The smallest absolute Gasteiger partial charge is 0.364 e. The van der Waals surface area contributed by atoms with E-state index < -0.39 is 271 Å². The molecule has 0 aliphatic carbocycles. The van der Waals surface area contributed by atoms with E-state index in [4.69, 9.17) is 47.4 Å². The number of hydrogen-bond donors (Lipinski definition) is 21. The van der Waals surface area contributed by atoms with Crippen LogP contribution in [0.15, 0.2) is 24.3 Å². The van der Waals surface area contributed by atoms with Gasteiger partial charge in [-0.15, -0.1) is 0 Å². The number of aliphatic hydroxyl groups excluding tert-OH is 16. The molecule has 37 nitrogen and oxygen atoms in total. The summed E-state index contributed by atoms with van der Waals surface area (Å²) >= 11 is 0. The summed E-state index contributed by atoms with van der Waals surface area (Å²) in [6, 6.07) is -4.96. The van der Waals surface area contributed by atoms with E-state index in [1.807, 2.05) is 0 Å². The molecule has 5 aliphatic rings. The number of Topliss-reactive ketones (excluding diaryl/α,β-unsaturated/α-hetero) is 1. The number of hydrogen-bond acceptors (Lipinski definition) is 32. The first kappa shape index (κ1) is 106. The molecule has 2 unspecified atom stereocenters. The Kier molecular flexibility index (Phi) is 49.3. The summed E-state index contributed by atoms with van der Waals surface area (Å²) in [6.07, 6.45) is -12.9. The van der Waals surface area contributed by atoms with Crippen LogP contribution in [0.2, 0.25) is 0 Å². The van der Waals surface area contributed by atoms with Crippen LogP contribution < -0.4 is 16.0 Å². The highest BCUT2D eigenvalue weighted by molar-refractivity contribution is 5.78. The van der Waals surface area contributed by atoms with Gasteiger partial charge >= 0.3 is 11.9 Å². The lowest BCUT2D eigenvalue weighted by Crippen LogP contribution is -2.72. The zero-order valence-corrected chi connectivity index (χ0v) is 70.6. The number of unbranched alkanes of at least 4 members (excludes halogenated alkanes) is 26. The standard InChI is InChI=1S/C83H145N3O34/c1-6-8-10-12-14-16-18-20-21-22-23-24-25-27-29-31-33-35-37-39-62(99)86-53(54(95)38-36-34-32-30-28-26-19-17-15-13-11-9-7-2)48-111-78-70(105)69(104)72(60(46-90)113-78)115-79-71(106)76(73(61(47-91)114-79)116-77-52(40-49(3)92)65(100)67(102)58(44-88)112-77)120-83(81(109)110)42-56(97)64(85-51(5)94)75(119-83)68(103)59(45-89)117-82(80(107)108)41-55(96)63(84-50(4)93)74(118-82)66(101)57(98)43-87/h20-21,36,38,52-61,63-79,87-91,95-98,100-106H,6-19,22-35,37,39-48H2,1-5H3,(H,84,93)(H,85,94)(H,86,99)(H,107,108)(H,109,110)/b21-20-,38-36+/t52-,53+,54-,55+,56+,57-,58-,59-,60-,61-,63-,64-,65-,66-,67+,68-,69-,70-,71-,72-,73+,74?,75?,76-,77+,78-,79+,82-,83+/m1/s1. The molecule has 696 valence electrons. The van der Waals surface area contributed by atoms with Crippen LogP contribution in [-0.4, -0.2) is 338 Å². The van der Waals surface area contributed by atoms with Gasteiger partial charge in [-0.2, -0.15) is 0 Å². The number of nitrogens with one attached hydrogen (secondary N) is 3. The Labute approximate surface area is 703 Å². The number of carboxylic acid groups (broad SMARTS) is 2. The quantitative estimate of drug-likeness (QED) is 0.0295. The van der Waals surface area contributed by atoms with E-state index >= 15 is 0 Å². The van der Waals surface area contributed by atoms with Crippen molar-refractivity contribution in [2.75, 3.05) is 39.6 Å². The van der Waals surface area contributed by atoms with E-state index in [1.54, 1.807) is 6.08 Å². The molecule has 0 aromatic carbocycles. The molecule has 0 radical (unpaired) electrons. The number of carbonyl (C=O) groups excluding carboxylic acids is 4. The second-order valence-corrected chi connectivity index (χ2v) is 32.8. The van der Waals surface area contributed by atoms with Gasteiger partial charge in [0.25, 0.3) is 11.6 Å². The maximum Gasteiger partial charge on any atom is 0.364 e. The summed E-state index contributed by atoms with van der Waals surface area (Å²) in [7, 11) is 0. The van der Waals surface area contributed by atoms with E-state index in [1.165, 1.54) is 89.5 Å². The second-order valence-electron chi connectivity index (χ2n) is 32.8. The minimum atomic E-state index is -3.58. The third kappa shape index (κ3) is 33.0. The molecule has 5 saturated heterocycles. The lowest BCUT2D eigenvalue weighted by Gasteiger charge is -2.52. The van der Waals surface area contributed by atoms with Crippen molar-refractivity contribution in [2.45, 2.75) is 417 Å². The third-order valence-corrected chi connectivity index (χ3v) is 22.9. The van der Waals surface area contributed by atoms with Crippen molar-refractivity contribution in [3.05, 3.63) is 24.3 Å².